The number of piperazine rings is 1. The lowest BCUT2D eigenvalue weighted by molar-refractivity contribution is 0.582. The van der Waals surface area contributed by atoms with Crippen molar-refractivity contribution in [3.8, 4) is 0 Å². The van der Waals surface area contributed by atoms with Crippen molar-refractivity contribution in [2.45, 2.75) is 19.8 Å². The fourth-order valence-corrected chi connectivity index (χ4v) is 3.10. The van der Waals surface area contributed by atoms with Crippen molar-refractivity contribution < 1.29 is 0 Å². The standard InChI is InChI=1S/C25H32N4/c1-7-11-12-13-20(8-2)21(9-3)18-23-22(10-4)25(28-24(27-23)19(5)6)29-16-14-26-15-17-29/h7-13,18-19,26H,1-4,14-17H2,5-6H3/b12-11-,20-13+,21-18+. The van der Waals surface area contributed by atoms with Crippen molar-refractivity contribution in [1.29, 1.82) is 0 Å². The third-order valence-electron chi connectivity index (χ3n) is 4.70. The van der Waals surface area contributed by atoms with E-state index in [-0.39, 0.29) is 5.92 Å². The Hall–Kier alpha value is -2.98. The van der Waals surface area contributed by atoms with Crippen LogP contribution in [-0.4, -0.2) is 36.1 Å². The number of hydrogen-bond donors (Lipinski definition) is 1. The van der Waals surface area contributed by atoms with E-state index in [9.17, 15) is 0 Å². The molecule has 0 aromatic carbocycles. The molecule has 0 saturated carbocycles. The molecule has 0 bridgehead atoms. The summed E-state index contributed by atoms with van der Waals surface area (Å²) in [5.74, 6) is 2.00. The molecule has 4 heteroatoms. The molecular formula is C25H32N4. The number of allylic oxidation sites excluding steroid dienone is 8. The van der Waals surface area contributed by atoms with Crippen molar-refractivity contribution in [2.24, 2.45) is 0 Å². The van der Waals surface area contributed by atoms with Crippen LogP contribution in [0.2, 0.25) is 0 Å². The molecule has 0 amide bonds. The molecule has 0 atom stereocenters. The Morgan fingerprint density at radius 1 is 1.00 bits per heavy atom. The molecular weight excluding hydrogens is 356 g/mol. The van der Waals surface area contributed by atoms with Gasteiger partial charge >= 0.3 is 0 Å². The Kier molecular flexibility index (Phi) is 8.56. The van der Waals surface area contributed by atoms with Gasteiger partial charge in [-0.15, -0.1) is 0 Å². The Labute approximate surface area is 175 Å². The summed E-state index contributed by atoms with van der Waals surface area (Å²) in [6.45, 7) is 23.6. The monoisotopic (exact) mass is 388 g/mol. The molecule has 1 aromatic heterocycles. The van der Waals surface area contributed by atoms with Gasteiger partial charge in [0.15, 0.2) is 0 Å². The van der Waals surface area contributed by atoms with Crippen molar-refractivity contribution in [1.82, 2.24) is 15.3 Å². The number of aromatic nitrogens is 2. The highest BCUT2D eigenvalue weighted by atomic mass is 15.2. The molecule has 4 nitrogen and oxygen atoms in total. The molecule has 2 heterocycles. The van der Waals surface area contributed by atoms with E-state index in [2.05, 4.69) is 50.4 Å². The van der Waals surface area contributed by atoms with Gasteiger partial charge in [0.1, 0.15) is 11.6 Å². The van der Waals surface area contributed by atoms with Crippen LogP contribution in [0.4, 0.5) is 5.82 Å². The number of nitrogens with one attached hydrogen (secondary N) is 1. The van der Waals surface area contributed by atoms with Gasteiger partial charge in [-0.1, -0.05) is 82.7 Å². The highest BCUT2D eigenvalue weighted by Crippen LogP contribution is 2.28. The minimum Gasteiger partial charge on any atom is -0.353 e. The number of rotatable bonds is 9. The molecule has 1 aromatic rings. The van der Waals surface area contributed by atoms with Crippen molar-refractivity contribution in [3.63, 3.8) is 0 Å². The van der Waals surface area contributed by atoms with Crippen molar-refractivity contribution in [3.05, 3.63) is 91.0 Å². The van der Waals surface area contributed by atoms with Crippen LogP contribution in [0.1, 0.15) is 36.8 Å². The van der Waals surface area contributed by atoms with E-state index >= 15 is 0 Å². The molecule has 152 valence electrons. The molecule has 0 radical (unpaired) electrons. The zero-order chi connectivity index (χ0) is 21.2. The second kappa shape index (κ2) is 11.1. The normalized spacial score (nSPS) is 15.6. The van der Waals surface area contributed by atoms with Crippen LogP contribution in [0.15, 0.2) is 73.9 Å². The van der Waals surface area contributed by atoms with Crippen LogP contribution in [0, 0.1) is 0 Å². The molecule has 1 aliphatic rings. The van der Waals surface area contributed by atoms with Gasteiger partial charge in [-0.05, 0) is 17.2 Å². The van der Waals surface area contributed by atoms with E-state index in [1.54, 1.807) is 6.08 Å². The quantitative estimate of drug-likeness (QED) is 0.599. The van der Waals surface area contributed by atoms with Gasteiger partial charge in [-0.2, -0.15) is 0 Å². The van der Waals surface area contributed by atoms with Gasteiger partial charge in [0.05, 0.1) is 5.69 Å². The van der Waals surface area contributed by atoms with E-state index < -0.39 is 0 Å². The summed E-state index contributed by atoms with van der Waals surface area (Å²) in [7, 11) is 0. The van der Waals surface area contributed by atoms with Crippen LogP contribution in [-0.2, 0) is 0 Å². The van der Waals surface area contributed by atoms with E-state index in [1.807, 2.05) is 42.5 Å². The minimum atomic E-state index is 0.222. The van der Waals surface area contributed by atoms with Gasteiger partial charge in [0.25, 0.3) is 0 Å². The van der Waals surface area contributed by atoms with Crippen molar-refractivity contribution >= 4 is 18.0 Å². The van der Waals surface area contributed by atoms with Crippen molar-refractivity contribution in [2.75, 3.05) is 31.1 Å². The lowest BCUT2D eigenvalue weighted by atomic mass is 10.0. The van der Waals surface area contributed by atoms with E-state index in [0.29, 0.717) is 0 Å². The summed E-state index contributed by atoms with van der Waals surface area (Å²) in [5.41, 5.74) is 3.70. The first-order valence-electron chi connectivity index (χ1n) is 10.0. The molecule has 1 N–H and O–H groups in total. The average Bonchev–Trinajstić information content (AvgIpc) is 2.75. The molecule has 0 unspecified atom stereocenters. The molecule has 0 aliphatic carbocycles. The SMILES string of the molecule is C=C\C=C/C=C(C=C)/C(C=C)=C/c1nc(C(C)C)nc(N2CCNCC2)c1C=C. The highest BCUT2D eigenvalue weighted by molar-refractivity contribution is 5.75. The maximum Gasteiger partial charge on any atom is 0.140 e. The Morgan fingerprint density at radius 3 is 2.24 bits per heavy atom. The summed E-state index contributed by atoms with van der Waals surface area (Å²) >= 11 is 0. The van der Waals surface area contributed by atoms with Gasteiger partial charge in [0, 0.05) is 37.7 Å². The maximum atomic E-state index is 4.89. The molecule has 1 fully saturated rings. The maximum absolute atomic E-state index is 4.89. The zero-order valence-electron chi connectivity index (χ0n) is 17.7. The first kappa shape index (κ1) is 22.3. The highest BCUT2D eigenvalue weighted by Gasteiger charge is 2.20. The fraction of sp³-hybridized carbons (Fsp3) is 0.280. The Balaban J connectivity index is 2.64. The Morgan fingerprint density at radius 2 is 1.69 bits per heavy atom. The van der Waals surface area contributed by atoms with Gasteiger partial charge in [0.2, 0.25) is 0 Å². The summed E-state index contributed by atoms with van der Waals surface area (Å²) in [5, 5.41) is 3.39. The second-order valence-corrected chi connectivity index (χ2v) is 7.05. The van der Waals surface area contributed by atoms with E-state index in [4.69, 9.17) is 9.97 Å². The molecule has 2 rings (SSSR count). The van der Waals surface area contributed by atoms with Gasteiger partial charge in [-0.25, -0.2) is 9.97 Å². The minimum absolute atomic E-state index is 0.222. The number of anilines is 1. The average molecular weight is 389 g/mol. The zero-order valence-corrected chi connectivity index (χ0v) is 17.7. The molecule has 0 spiro atoms. The summed E-state index contributed by atoms with van der Waals surface area (Å²) in [6, 6.07) is 0. The lowest BCUT2D eigenvalue weighted by Crippen LogP contribution is -2.44. The van der Waals surface area contributed by atoms with Crippen LogP contribution >= 0.6 is 0 Å². The predicted octanol–water partition coefficient (Wildman–Crippen LogP) is 5.08. The number of nitrogens with zero attached hydrogens (tertiary/aromatic N) is 3. The predicted molar refractivity (Wildman–Crippen MR) is 127 cm³/mol. The van der Waals surface area contributed by atoms with Crippen LogP contribution in [0.3, 0.4) is 0 Å². The van der Waals surface area contributed by atoms with Crippen LogP contribution in [0.25, 0.3) is 12.2 Å². The van der Waals surface area contributed by atoms with Crippen LogP contribution in [0.5, 0.6) is 0 Å². The lowest BCUT2D eigenvalue weighted by Gasteiger charge is -2.30. The molecule has 29 heavy (non-hydrogen) atoms. The van der Waals surface area contributed by atoms with Crippen LogP contribution < -0.4 is 10.2 Å². The van der Waals surface area contributed by atoms with Gasteiger partial charge in [-0.3, -0.25) is 0 Å². The Bertz CT molecular complexity index is 850. The summed E-state index contributed by atoms with van der Waals surface area (Å²) < 4.78 is 0. The third-order valence-corrected chi connectivity index (χ3v) is 4.70. The number of hydrogen-bond acceptors (Lipinski definition) is 4. The van der Waals surface area contributed by atoms with E-state index in [1.165, 1.54) is 0 Å². The van der Waals surface area contributed by atoms with Gasteiger partial charge < -0.3 is 10.2 Å². The first-order chi connectivity index (χ1) is 14.0. The third kappa shape index (κ3) is 5.75. The summed E-state index contributed by atoms with van der Waals surface area (Å²) in [6.07, 6.45) is 15.1. The van der Waals surface area contributed by atoms with E-state index in [0.717, 1.165) is 60.2 Å². The molecule has 1 saturated heterocycles. The molecule has 1 aliphatic heterocycles. The topological polar surface area (TPSA) is 41.1 Å². The second-order valence-electron chi connectivity index (χ2n) is 7.05. The summed E-state index contributed by atoms with van der Waals surface area (Å²) in [4.78, 5) is 12.1. The largest absolute Gasteiger partial charge is 0.353 e. The fourth-order valence-electron chi connectivity index (χ4n) is 3.10. The first-order valence-corrected chi connectivity index (χ1v) is 10.0. The smallest absolute Gasteiger partial charge is 0.140 e.